The number of ether oxygens (including phenoxy) is 1. The van der Waals surface area contributed by atoms with Crippen molar-refractivity contribution in [2.45, 2.75) is 6.92 Å². The first-order chi connectivity index (χ1) is 15.6. The van der Waals surface area contributed by atoms with E-state index in [0.717, 1.165) is 55.1 Å². The van der Waals surface area contributed by atoms with Gasteiger partial charge in [0.15, 0.2) is 5.65 Å². The molecule has 0 spiro atoms. The molecule has 1 aliphatic rings. The third-order valence-electron chi connectivity index (χ3n) is 5.95. The number of hydrogen-bond acceptors (Lipinski definition) is 5. The Morgan fingerprint density at radius 1 is 1.12 bits per heavy atom. The molecule has 8 nitrogen and oxygen atoms in total. The third-order valence-corrected chi connectivity index (χ3v) is 5.95. The first-order valence-corrected chi connectivity index (χ1v) is 10.9. The van der Waals surface area contributed by atoms with E-state index in [2.05, 4.69) is 5.32 Å². The topological polar surface area (TPSA) is 99.5 Å². The summed E-state index contributed by atoms with van der Waals surface area (Å²) >= 11 is 0. The lowest BCUT2D eigenvalue weighted by Crippen LogP contribution is -3.14. The van der Waals surface area contributed by atoms with E-state index < -0.39 is 0 Å². The molecule has 2 aromatic heterocycles. The van der Waals surface area contributed by atoms with Crippen LogP contribution in [-0.4, -0.2) is 59.8 Å². The molecule has 0 saturated carbocycles. The molecular weight excluding hydrogens is 404 g/mol. The Morgan fingerprint density at radius 2 is 1.88 bits per heavy atom. The predicted octanol–water partition coefficient (Wildman–Crippen LogP) is 1.11. The van der Waals surface area contributed by atoms with Crippen molar-refractivity contribution < 1.29 is 14.4 Å². The summed E-state index contributed by atoms with van der Waals surface area (Å²) in [6.45, 7) is 6.88. The molecule has 8 heteroatoms. The van der Waals surface area contributed by atoms with Gasteiger partial charge in [0, 0.05) is 5.69 Å². The van der Waals surface area contributed by atoms with E-state index in [0.29, 0.717) is 29.1 Å². The van der Waals surface area contributed by atoms with Crippen molar-refractivity contribution in [2.75, 3.05) is 45.1 Å². The van der Waals surface area contributed by atoms with Crippen LogP contribution in [0.4, 0.5) is 5.82 Å². The molecule has 0 atom stereocenters. The summed E-state index contributed by atoms with van der Waals surface area (Å²) in [6, 6.07) is 15.6. The van der Waals surface area contributed by atoms with Crippen molar-refractivity contribution in [1.82, 2.24) is 19.9 Å². The minimum Gasteiger partial charge on any atom is -0.384 e. The van der Waals surface area contributed by atoms with Crippen molar-refractivity contribution in [2.24, 2.45) is 0 Å². The monoisotopic (exact) mass is 431 g/mol. The van der Waals surface area contributed by atoms with Gasteiger partial charge in [-0.2, -0.15) is 0 Å². The van der Waals surface area contributed by atoms with Crippen LogP contribution in [0, 0.1) is 6.92 Å². The Bertz CT molecular complexity index is 1290. The number of amides is 1. The fraction of sp³-hybridized carbons (Fsp3) is 0.292. The first-order valence-electron chi connectivity index (χ1n) is 10.9. The van der Waals surface area contributed by atoms with E-state index in [1.54, 1.807) is 0 Å². The number of anilines is 1. The van der Waals surface area contributed by atoms with Gasteiger partial charge in [-0.3, -0.25) is 9.36 Å². The number of rotatable bonds is 5. The molecule has 0 radical (unpaired) electrons. The molecular formula is C24H27N6O2+. The van der Waals surface area contributed by atoms with Crippen LogP contribution in [0.2, 0.25) is 0 Å². The van der Waals surface area contributed by atoms with Crippen LogP contribution < -0.4 is 16.0 Å². The Kier molecular flexibility index (Phi) is 5.46. The van der Waals surface area contributed by atoms with Gasteiger partial charge >= 0.3 is 0 Å². The number of aryl methyl sites for hydroxylation is 1. The molecule has 0 unspecified atom stereocenters. The van der Waals surface area contributed by atoms with Gasteiger partial charge in [-0.25, -0.2) is 9.97 Å². The summed E-state index contributed by atoms with van der Waals surface area (Å²) in [7, 11) is 0. The molecule has 4 aromatic rings. The summed E-state index contributed by atoms with van der Waals surface area (Å²) in [4.78, 5) is 24.3. The van der Waals surface area contributed by atoms with E-state index in [9.17, 15) is 4.79 Å². The van der Waals surface area contributed by atoms with Gasteiger partial charge in [-0.1, -0.05) is 24.3 Å². The van der Waals surface area contributed by atoms with Crippen molar-refractivity contribution in [3.05, 3.63) is 59.7 Å². The molecule has 3 heterocycles. The maximum absolute atomic E-state index is 13.3. The number of hydrogen-bond donors (Lipinski definition) is 3. The zero-order chi connectivity index (χ0) is 22.1. The number of morpholine rings is 1. The van der Waals surface area contributed by atoms with Crippen LogP contribution in [0.5, 0.6) is 0 Å². The van der Waals surface area contributed by atoms with Gasteiger partial charge in [-0.05, 0) is 36.8 Å². The lowest BCUT2D eigenvalue weighted by molar-refractivity contribution is -0.906. The molecule has 4 N–H and O–H groups in total. The Balaban J connectivity index is 1.55. The summed E-state index contributed by atoms with van der Waals surface area (Å²) in [5, 5.41) is 3.04. The second-order valence-electron chi connectivity index (χ2n) is 8.19. The molecule has 0 aliphatic carbocycles. The van der Waals surface area contributed by atoms with Crippen molar-refractivity contribution in [3.63, 3.8) is 0 Å². The summed E-state index contributed by atoms with van der Waals surface area (Å²) < 4.78 is 7.23. The van der Waals surface area contributed by atoms with E-state index >= 15 is 0 Å². The minimum atomic E-state index is -0.226. The first kappa shape index (κ1) is 20.4. The lowest BCUT2D eigenvalue weighted by atomic mass is 10.2. The summed E-state index contributed by atoms with van der Waals surface area (Å²) in [5.74, 6) is 0.119. The number of quaternary nitrogens is 1. The average Bonchev–Trinajstić information content (AvgIpc) is 3.08. The number of nitrogens with one attached hydrogen (secondary N) is 2. The number of fused-ring (bicyclic) bond motifs is 2. The van der Waals surface area contributed by atoms with Crippen molar-refractivity contribution >= 4 is 33.9 Å². The average molecular weight is 432 g/mol. The number of nitrogen functional groups attached to an aromatic ring is 1. The number of para-hydroxylation sites is 2. The highest BCUT2D eigenvalue weighted by Gasteiger charge is 2.25. The summed E-state index contributed by atoms with van der Waals surface area (Å²) in [6.07, 6.45) is 0. The largest absolute Gasteiger partial charge is 0.384 e. The zero-order valence-electron chi connectivity index (χ0n) is 18.1. The molecule has 0 bridgehead atoms. The molecule has 164 valence electrons. The molecule has 1 amide bonds. The second-order valence-corrected chi connectivity index (χ2v) is 8.19. The maximum atomic E-state index is 13.3. The number of aromatic nitrogens is 3. The Labute approximate surface area is 186 Å². The maximum Gasteiger partial charge on any atom is 0.257 e. The molecule has 1 saturated heterocycles. The van der Waals surface area contributed by atoms with Gasteiger partial charge in [0.05, 0.1) is 37.3 Å². The van der Waals surface area contributed by atoms with Gasteiger partial charge in [0.1, 0.15) is 30.0 Å². The van der Waals surface area contributed by atoms with Crippen LogP contribution in [0.15, 0.2) is 48.5 Å². The van der Waals surface area contributed by atoms with Crippen LogP contribution in [0.25, 0.3) is 27.9 Å². The van der Waals surface area contributed by atoms with E-state index in [1.807, 2.05) is 60.0 Å². The molecule has 32 heavy (non-hydrogen) atoms. The number of nitrogens with two attached hydrogens (primary N) is 1. The highest BCUT2D eigenvalue weighted by atomic mass is 16.5. The van der Waals surface area contributed by atoms with Crippen LogP contribution in [-0.2, 0) is 4.74 Å². The van der Waals surface area contributed by atoms with Crippen LogP contribution in [0.3, 0.4) is 0 Å². The number of benzene rings is 2. The standard InChI is InChI=1S/C24H26N6O2/c1-16-5-4-6-17(15-16)30-22(25)20(24(31)26-9-10-29-11-13-32-14-12-29)21-23(30)28-19-8-3-2-7-18(19)27-21/h2-8,15H,9-14,25H2,1H3,(H,26,31)/p+1. The van der Waals surface area contributed by atoms with E-state index in [4.69, 9.17) is 20.4 Å². The molecule has 2 aromatic carbocycles. The third kappa shape index (κ3) is 3.79. The SMILES string of the molecule is Cc1cccc(-n2c(N)c(C(=O)NCC[NH+]3CCOCC3)c3nc4ccccc4nc32)c1. The normalized spacial score (nSPS) is 14.8. The molecule has 1 aliphatic heterocycles. The fourth-order valence-electron chi connectivity index (χ4n) is 4.27. The highest BCUT2D eigenvalue weighted by molar-refractivity contribution is 6.11. The minimum absolute atomic E-state index is 0.226. The second kappa shape index (κ2) is 8.57. The van der Waals surface area contributed by atoms with Gasteiger partial charge in [0.2, 0.25) is 0 Å². The summed E-state index contributed by atoms with van der Waals surface area (Å²) in [5.41, 5.74) is 11.5. The number of carbonyl (C=O) groups excluding carboxylic acids is 1. The highest BCUT2D eigenvalue weighted by Crippen LogP contribution is 2.31. The van der Waals surface area contributed by atoms with Gasteiger partial charge in [-0.15, -0.1) is 0 Å². The van der Waals surface area contributed by atoms with E-state index in [1.165, 1.54) is 4.90 Å². The quantitative estimate of drug-likeness (QED) is 0.440. The number of nitrogens with zero attached hydrogens (tertiary/aromatic N) is 3. The Morgan fingerprint density at radius 3 is 2.62 bits per heavy atom. The van der Waals surface area contributed by atoms with Crippen molar-refractivity contribution in [1.29, 1.82) is 0 Å². The Hall–Kier alpha value is -3.49. The van der Waals surface area contributed by atoms with Crippen LogP contribution >= 0.6 is 0 Å². The van der Waals surface area contributed by atoms with Gasteiger partial charge < -0.3 is 20.7 Å². The number of carbonyl (C=O) groups is 1. The smallest absolute Gasteiger partial charge is 0.257 e. The fourth-order valence-corrected chi connectivity index (χ4v) is 4.27. The lowest BCUT2D eigenvalue weighted by Gasteiger charge is -2.23. The van der Waals surface area contributed by atoms with Gasteiger partial charge in [0.25, 0.3) is 5.91 Å². The van der Waals surface area contributed by atoms with Crippen LogP contribution in [0.1, 0.15) is 15.9 Å². The van der Waals surface area contributed by atoms with Crippen molar-refractivity contribution in [3.8, 4) is 5.69 Å². The van der Waals surface area contributed by atoms with E-state index in [-0.39, 0.29) is 5.91 Å². The molecule has 5 rings (SSSR count). The predicted molar refractivity (Wildman–Crippen MR) is 124 cm³/mol. The molecule has 1 fully saturated rings. The zero-order valence-corrected chi connectivity index (χ0v) is 18.1.